The minimum atomic E-state index is -0.525. The molecule has 2 fully saturated rings. The third-order valence-corrected chi connectivity index (χ3v) is 4.26. The van der Waals surface area contributed by atoms with Crippen LogP contribution in [0.15, 0.2) is 0 Å². The molecule has 0 aromatic rings. The van der Waals surface area contributed by atoms with Gasteiger partial charge in [-0.05, 0) is 24.2 Å². The normalized spacial score (nSPS) is 27.3. The number of ketones is 2. The lowest BCUT2D eigenvalue weighted by atomic mass is 9.70. The molecule has 110 valence electrons. The van der Waals surface area contributed by atoms with Crippen molar-refractivity contribution in [3.63, 3.8) is 0 Å². The summed E-state index contributed by atoms with van der Waals surface area (Å²) in [5, 5.41) is 2.23. The van der Waals surface area contributed by atoms with E-state index in [2.05, 4.69) is 5.32 Å². The Kier molecular flexibility index (Phi) is 4.06. The molecule has 0 aromatic heterocycles. The predicted molar refractivity (Wildman–Crippen MR) is 71.6 cm³/mol. The van der Waals surface area contributed by atoms with Gasteiger partial charge in [-0.3, -0.25) is 24.5 Å². The quantitative estimate of drug-likeness (QED) is 0.625. The second-order valence-corrected chi connectivity index (χ2v) is 6.81. The number of hydrogen-bond donors (Lipinski definition) is 1. The molecule has 2 rings (SSSR count). The summed E-state index contributed by atoms with van der Waals surface area (Å²) >= 11 is 0. The number of carbonyl (C=O) groups excluding carboxylic acids is 4. The largest absolute Gasteiger partial charge is 0.299 e. The van der Waals surface area contributed by atoms with Gasteiger partial charge in [0, 0.05) is 25.7 Å². The molecule has 1 aliphatic carbocycles. The monoisotopic (exact) mass is 279 g/mol. The number of carbonyl (C=O) groups is 4. The summed E-state index contributed by atoms with van der Waals surface area (Å²) in [5.74, 6) is -1.50. The molecule has 1 unspecified atom stereocenters. The zero-order chi connectivity index (χ0) is 14.9. The van der Waals surface area contributed by atoms with Crippen molar-refractivity contribution in [3.05, 3.63) is 0 Å². The number of nitrogens with one attached hydrogen (secondary N) is 1. The summed E-state index contributed by atoms with van der Waals surface area (Å²) in [6.07, 6.45) is 2.45. The molecular weight excluding hydrogens is 258 g/mol. The molecule has 1 heterocycles. The van der Waals surface area contributed by atoms with Crippen LogP contribution in [0.4, 0.5) is 0 Å². The highest BCUT2D eigenvalue weighted by Gasteiger charge is 2.38. The standard InChI is InChI=1S/C15H21NO4/c1-15(2)4-3-10(12(18)8-15)11(17)5-9-6-13(19)16-14(20)7-9/h9-10H,3-8H2,1-2H3,(H,16,19,20). The Bertz CT molecular complexity index is 450. The molecule has 0 bridgehead atoms. The van der Waals surface area contributed by atoms with E-state index in [1.165, 1.54) is 0 Å². The van der Waals surface area contributed by atoms with Crippen molar-refractivity contribution < 1.29 is 19.2 Å². The molecule has 1 atom stereocenters. The van der Waals surface area contributed by atoms with E-state index in [0.717, 1.165) is 6.42 Å². The van der Waals surface area contributed by atoms with Crippen molar-refractivity contribution in [1.29, 1.82) is 0 Å². The van der Waals surface area contributed by atoms with E-state index in [-0.39, 0.29) is 54.0 Å². The van der Waals surface area contributed by atoms with Gasteiger partial charge in [0.05, 0.1) is 5.92 Å². The highest BCUT2D eigenvalue weighted by molar-refractivity contribution is 6.04. The topological polar surface area (TPSA) is 80.3 Å². The van der Waals surface area contributed by atoms with Crippen LogP contribution < -0.4 is 5.32 Å². The van der Waals surface area contributed by atoms with Crippen LogP contribution in [-0.2, 0) is 19.2 Å². The zero-order valence-electron chi connectivity index (χ0n) is 12.0. The van der Waals surface area contributed by atoms with Crippen LogP contribution in [0.5, 0.6) is 0 Å². The maximum atomic E-state index is 12.2. The minimum Gasteiger partial charge on any atom is -0.299 e. The summed E-state index contributed by atoms with van der Waals surface area (Å²) in [6.45, 7) is 4.07. The number of imide groups is 1. The highest BCUT2D eigenvalue weighted by Crippen LogP contribution is 2.37. The molecule has 1 N–H and O–H groups in total. The van der Waals surface area contributed by atoms with Gasteiger partial charge >= 0.3 is 0 Å². The lowest BCUT2D eigenvalue weighted by Crippen LogP contribution is -2.40. The second kappa shape index (κ2) is 5.46. The number of amides is 2. The van der Waals surface area contributed by atoms with Gasteiger partial charge in [-0.15, -0.1) is 0 Å². The summed E-state index contributed by atoms with van der Waals surface area (Å²) in [7, 11) is 0. The highest BCUT2D eigenvalue weighted by atomic mass is 16.2. The first-order valence-electron chi connectivity index (χ1n) is 7.15. The summed E-state index contributed by atoms with van der Waals surface area (Å²) < 4.78 is 0. The molecule has 1 saturated carbocycles. The summed E-state index contributed by atoms with van der Waals surface area (Å²) in [5.41, 5.74) is -0.0193. The van der Waals surface area contributed by atoms with Crippen LogP contribution >= 0.6 is 0 Å². The smallest absolute Gasteiger partial charge is 0.226 e. The van der Waals surface area contributed by atoms with E-state index in [0.29, 0.717) is 12.8 Å². The van der Waals surface area contributed by atoms with Crippen LogP contribution in [-0.4, -0.2) is 23.4 Å². The van der Waals surface area contributed by atoms with Crippen molar-refractivity contribution in [2.75, 3.05) is 0 Å². The van der Waals surface area contributed by atoms with Crippen LogP contribution in [0, 0.1) is 17.3 Å². The molecule has 0 aromatic carbocycles. The predicted octanol–water partition coefficient (Wildman–Crippen LogP) is 1.39. The molecule has 2 aliphatic rings. The average Bonchev–Trinajstić information content (AvgIpc) is 2.25. The Balaban J connectivity index is 1.93. The maximum Gasteiger partial charge on any atom is 0.226 e. The molecule has 1 aliphatic heterocycles. The summed E-state index contributed by atoms with van der Waals surface area (Å²) in [4.78, 5) is 46.9. The molecular formula is C15H21NO4. The van der Waals surface area contributed by atoms with E-state index in [4.69, 9.17) is 0 Å². The van der Waals surface area contributed by atoms with Crippen LogP contribution in [0.3, 0.4) is 0 Å². The molecule has 20 heavy (non-hydrogen) atoms. The Hall–Kier alpha value is -1.52. The van der Waals surface area contributed by atoms with Gasteiger partial charge in [-0.1, -0.05) is 13.8 Å². The lowest BCUT2D eigenvalue weighted by molar-refractivity contribution is -0.137. The fraction of sp³-hybridized carbons (Fsp3) is 0.733. The number of hydrogen-bond acceptors (Lipinski definition) is 4. The van der Waals surface area contributed by atoms with E-state index in [9.17, 15) is 19.2 Å². The lowest BCUT2D eigenvalue weighted by Gasteiger charge is -2.33. The van der Waals surface area contributed by atoms with E-state index >= 15 is 0 Å². The van der Waals surface area contributed by atoms with Gasteiger partial charge in [0.2, 0.25) is 11.8 Å². The van der Waals surface area contributed by atoms with Gasteiger partial charge in [0.1, 0.15) is 11.6 Å². The average molecular weight is 279 g/mol. The zero-order valence-corrected chi connectivity index (χ0v) is 12.0. The Morgan fingerprint density at radius 3 is 2.35 bits per heavy atom. The molecule has 0 radical (unpaired) electrons. The van der Waals surface area contributed by atoms with E-state index < -0.39 is 5.92 Å². The minimum absolute atomic E-state index is 0.0119. The molecule has 5 nitrogen and oxygen atoms in total. The fourth-order valence-electron chi connectivity index (χ4n) is 3.15. The van der Waals surface area contributed by atoms with Crippen LogP contribution in [0.1, 0.15) is 52.4 Å². The third-order valence-electron chi connectivity index (χ3n) is 4.26. The van der Waals surface area contributed by atoms with Gasteiger partial charge in [0.25, 0.3) is 0 Å². The van der Waals surface area contributed by atoms with Gasteiger partial charge in [-0.25, -0.2) is 0 Å². The van der Waals surface area contributed by atoms with Crippen molar-refractivity contribution in [2.24, 2.45) is 17.3 Å². The Morgan fingerprint density at radius 1 is 1.20 bits per heavy atom. The first-order chi connectivity index (χ1) is 9.27. The molecule has 1 saturated heterocycles. The first-order valence-corrected chi connectivity index (χ1v) is 7.15. The van der Waals surface area contributed by atoms with Gasteiger partial charge in [-0.2, -0.15) is 0 Å². The van der Waals surface area contributed by atoms with Gasteiger partial charge < -0.3 is 0 Å². The van der Waals surface area contributed by atoms with E-state index in [1.54, 1.807) is 0 Å². The number of piperidine rings is 1. The van der Waals surface area contributed by atoms with Crippen molar-refractivity contribution >= 4 is 23.4 Å². The van der Waals surface area contributed by atoms with Gasteiger partial charge in [0.15, 0.2) is 0 Å². The Morgan fingerprint density at radius 2 is 1.80 bits per heavy atom. The van der Waals surface area contributed by atoms with E-state index in [1.807, 2.05) is 13.8 Å². The second-order valence-electron chi connectivity index (χ2n) is 6.81. The van der Waals surface area contributed by atoms with Crippen LogP contribution in [0.25, 0.3) is 0 Å². The van der Waals surface area contributed by atoms with Crippen molar-refractivity contribution in [1.82, 2.24) is 5.32 Å². The molecule has 2 amide bonds. The van der Waals surface area contributed by atoms with Crippen molar-refractivity contribution in [2.45, 2.75) is 52.4 Å². The molecule has 0 spiro atoms. The molecule has 5 heteroatoms. The summed E-state index contributed by atoms with van der Waals surface area (Å²) in [6, 6.07) is 0. The first kappa shape index (κ1) is 14.9. The Labute approximate surface area is 118 Å². The van der Waals surface area contributed by atoms with Crippen molar-refractivity contribution in [3.8, 4) is 0 Å². The number of rotatable bonds is 3. The SMILES string of the molecule is CC1(C)CCC(C(=O)CC2CC(=O)NC(=O)C2)C(=O)C1. The third kappa shape index (κ3) is 3.52. The fourth-order valence-corrected chi connectivity index (χ4v) is 3.15. The number of Topliss-reactive ketones (excluding diaryl/α,β-unsaturated/α-hetero) is 2. The van der Waals surface area contributed by atoms with Crippen LogP contribution in [0.2, 0.25) is 0 Å². The maximum absolute atomic E-state index is 12.2.